The highest BCUT2D eigenvalue weighted by molar-refractivity contribution is 6.21. The van der Waals surface area contributed by atoms with Gasteiger partial charge in [-0.15, -0.1) is 0 Å². The number of ether oxygens (including phenoxy) is 1. The third-order valence-electron chi connectivity index (χ3n) is 5.79. The van der Waals surface area contributed by atoms with Crippen molar-refractivity contribution in [3.05, 3.63) is 59.9 Å². The highest BCUT2D eigenvalue weighted by Gasteiger charge is 2.34. The molecule has 0 aliphatic carbocycles. The van der Waals surface area contributed by atoms with Gasteiger partial charge >= 0.3 is 0 Å². The zero-order chi connectivity index (χ0) is 22.1. The molecule has 0 saturated heterocycles. The first kappa shape index (κ1) is 24.2. The average molecular weight is 547 g/mol. The van der Waals surface area contributed by atoms with Crippen LogP contribution in [0, 0.1) is 0 Å². The molecule has 4 rings (SSSR count). The smallest absolute Gasteiger partial charge is 0.261 e. The minimum absolute atomic E-state index is 0. The lowest BCUT2D eigenvalue weighted by molar-refractivity contribution is -0.692. The van der Waals surface area contributed by atoms with Gasteiger partial charge < -0.3 is 28.7 Å². The summed E-state index contributed by atoms with van der Waals surface area (Å²) >= 11 is 0. The van der Waals surface area contributed by atoms with Gasteiger partial charge in [0.05, 0.1) is 29.8 Å². The molecule has 1 aromatic heterocycles. The monoisotopic (exact) mass is 547 g/mol. The Hall–Kier alpha value is -2.42. The number of imidazole rings is 1. The molecule has 7 heteroatoms. The molecule has 2 amide bonds. The molecule has 0 saturated carbocycles. The van der Waals surface area contributed by atoms with Crippen molar-refractivity contribution < 1.29 is 42.9 Å². The molecule has 1 aliphatic rings. The van der Waals surface area contributed by atoms with E-state index in [0.717, 1.165) is 17.7 Å². The summed E-state index contributed by atoms with van der Waals surface area (Å²) in [4.78, 5) is 26.2. The summed E-state index contributed by atoms with van der Waals surface area (Å²) in [5, 5.41) is 0. The van der Waals surface area contributed by atoms with Crippen molar-refractivity contribution in [2.75, 3.05) is 13.2 Å². The van der Waals surface area contributed by atoms with Crippen LogP contribution in [0.4, 0.5) is 0 Å². The summed E-state index contributed by atoms with van der Waals surface area (Å²) in [6, 6.07) is 14.0. The van der Waals surface area contributed by atoms with Gasteiger partial charge in [0.25, 0.3) is 11.8 Å². The summed E-state index contributed by atoms with van der Waals surface area (Å²) in [5.41, 5.74) is 3.36. The quantitative estimate of drug-likeness (QED) is 0.186. The molecular weight excluding hydrogens is 517 g/mol. The second-order valence-electron chi connectivity index (χ2n) is 8.63. The highest BCUT2D eigenvalue weighted by Crippen LogP contribution is 2.24. The molecule has 0 bridgehead atoms. The molecule has 2 heterocycles. The maximum atomic E-state index is 12.4. The molecule has 0 unspecified atom stereocenters. The van der Waals surface area contributed by atoms with Crippen molar-refractivity contribution >= 4 is 22.8 Å². The molecule has 0 radical (unpaired) electrons. The largest absolute Gasteiger partial charge is 1.00 e. The average Bonchev–Trinajstić information content (AvgIpc) is 3.25. The van der Waals surface area contributed by atoms with Crippen molar-refractivity contribution in [2.45, 2.75) is 52.6 Å². The molecule has 0 atom stereocenters. The Kier molecular flexibility index (Phi) is 7.59. The summed E-state index contributed by atoms with van der Waals surface area (Å²) in [5.74, 6) is 0.448. The van der Waals surface area contributed by atoms with Crippen molar-refractivity contribution in [1.82, 2.24) is 9.47 Å². The van der Waals surface area contributed by atoms with Crippen LogP contribution in [0.1, 0.15) is 73.3 Å². The van der Waals surface area contributed by atoms with Crippen LogP contribution in [-0.4, -0.2) is 34.4 Å². The number of aromatic nitrogens is 2. The van der Waals surface area contributed by atoms with Crippen molar-refractivity contribution in [3.63, 3.8) is 0 Å². The highest BCUT2D eigenvalue weighted by atomic mass is 127. The standard InChI is InChI=1S/C25H30N3O3.HI/c1-17(2)27-16-28(18(3)4)23-15-19(11-12-22(23)27)31-14-8-7-13-26-24(29)20-9-5-6-10-21(20)25(26)30;/h5-6,9-12,15-18H,7-8,13-14H2,1-4H3;1H/q+1;/p-1. The maximum Gasteiger partial charge on any atom is 0.261 e. The lowest BCUT2D eigenvalue weighted by atomic mass is 10.1. The normalized spacial score (nSPS) is 13.2. The predicted octanol–water partition coefficient (Wildman–Crippen LogP) is 1.55. The van der Waals surface area contributed by atoms with Gasteiger partial charge in [0, 0.05) is 12.6 Å². The molecule has 3 aromatic rings. The molecule has 0 spiro atoms. The molecule has 1 aliphatic heterocycles. The first-order valence-electron chi connectivity index (χ1n) is 11.0. The lowest BCUT2D eigenvalue weighted by Gasteiger charge is -2.13. The van der Waals surface area contributed by atoms with Crippen molar-refractivity contribution in [3.8, 4) is 5.75 Å². The van der Waals surface area contributed by atoms with E-state index in [-0.39, 0.29) is 35.8 Å². The summed E-state index contributed by atoms with van der Waals surface area (Å²) < 4.78 is 10.5. The van der Waals surface area contributed by atoms with Crippen LogP contribution in [-0.2, 0) is 0 Å². The number of fused-ring (bicyclic) bond motifs is 2. The van der Waals surface area contributed by atoms with Gasteiger partial charge in [0.1, 0.15) is 5.75 Å². The Balaban J connectivity index is 0.00000289. The van der Waals surface area contributed by atoms with E-state index in [2.05, 4.69) is 55.3 Å². The minimum Gasteiger partial charge on any atom is -1.00 e. The Bertz CT molecular complexity index is 1100. The minimum atomic E-state index is -0.195. The summed E-state index contributed by atoms with van der Waals surface area (Å²) in [6.07, 6.45) is 3.65. The number of rotatable bonds is 8. The zero-order valence-electron chi connectivity index (χ0n) is 19.0. The Morgan fingerprint density at radius 1 is 0.938 bits per heavy atom. The summed E-state index contributed by atoms with van der Waals surface area (Å²) in [6.45, 7) is 9.68. The SMILES string of the molecule is CC(C)n1c[n+](C(C)C)c2cc(OCCCCN3C(=O)c4ccccc4C3=O)ccc21.[I-]. The molecule has 170 valence electrons. The van der Waals surface area contributed by atoms with Gasteiger partial charge in [-0.2, -0.15) is 0 Å². The van der Waals surface area contributed by atoms with Crippen molar-refractivity contribution in [1.29, 1.82) is 0 Å². The van der Waals surface area contributed by atoms with Gasteiger partial charge in [0.15, 0.2) is 11.0 Å². The van der Waals surface area contributed by atoms with Crippen LogP contribution in [0.15, 0.2) is 48.8 Å². The number of hydrogen-bond donors (Lipinski definition) is 0. The van der Waals surface area contributed by atoms with E-state index in [4.69, 9.17) is 4.74 Å². The van der Waals surface area contributed by atoms with Gasteiger partial charge in [-0.3, -0.25) is 14.5 Å². The number of amides is 2. The second kappa shape index (κ2) is 10.0. The number of hydrogen-bond acceptors (Lipinski definition) is 3. The maximum absolute atomic E-state index is 12.4. The van der Waals surface area contributed by atoms with Gasteiger partial charge in [-0.05, 0) is 64.8 Å². The van der Waals surface area contributed by atoms with E-state index in [1.54, 1.807) is 24.3 Å². The number of carbonyl (C=O) groups is 2. The van der Waals surface area contributed by atoms with Gasteiger partial charge in [0.2, 0.25) is 6.33 Å². The predicted molar refractivity (Wildman–Crippen MR) is 119 cm³/mol. The van der Waals surface area contributed by atoms with Crippen molar-refractivity contribution in [2.24, 2.45) is 0 Å². The Morgan fingerprint density at radius 3 is 2.19 bits per heavy atom. The van der Waals surface area contributed by atoms with Crippen LogP contribution < -0.4 is 33.3 Å². The fourth-order valence-corrected chi connectivity index (χ4v) is 4.10. The summed E-state index contributed by atoms with van der Waals surface area (Å²) in [7, 11) is 0. The van der Waals surface area contributed by atoms with Gasteiger partial charge in [-0.1, -0.05) is 12.1 Å². The second-order valence-corrected chi connectivity index (χ2v) is 8.63. The third kappa shape index (κ3) is 4.53. The van der Waals surface area contributed by atoms with Crippen LogP contribution in [0.25, 0.3) is 11.0 Å². The van der Waals surface area contributed by atoms with Gasteiger partial charge in [-0.25, -0.2) is 9.13 Å². The number of benzene rings is 2. The van der Waals surface area contributed by atoms with Crippen LogP contribution in [0.5, 0.6) is 5.75 Å². The van der Waals surface area contributed by atoms with E-state index in [9.17, 15) is 9.59 Å². The first-order chi connectivity index (χ1) is 14.9. The number of imide groups is 1. The molecule has 0 N–H and O–H groups in total. The van der Waals surface area contributed by atoms with Crippen LogP contribution in [0.2, 0.25) is 0 Å². The fraction of sp³-hybridized carbons (Fsp3) is 0.400. The third-order valence-corrected chi connectivity index (χ3v) is 5.79. The molecule has 32 heavy (non-hydrogen) atoms. The topological polar surface area (TPSA) is 55.4 Å². The first-order valence-corrected chi connectivity index (χ1v) is 11.0. The number of halogens is 1. The Labute approximate surface area is 206 Å². The van der Waals surface area contributed by atoms with Crippen LogP contribution in [0.3, 0.4) is 0 Å². The Morgan fingerprint density at radius 2 is 1.59 bits per heavy atom. The van der Waals surface area contributed by atoms with E-state index in [0.29, 0.717) is 42.8 Å². The molecule has 6 nitrogen and oxygen atoms in total. The fourth-order valence-electron chi connectivity index (χ4n) is 4.10. The lowest BCUT2D eigenvalue weighted by Crippen LogP contribution is -3.00. The molecule has 2 aromatic carbocycles. The van der Waals surface area contributed by atoms with Crippen LogP contribution >= 0.6 is 0 Å². The van der Waals surface area contributed by atoms with E-state index in [1.807, 2.05) is 6.07 Å². The zero-order valence-corrected chi connectivity index (χ0v) is 21.2. The van der Waals surface area contributed by atoms with E-state index < -0.39 is 0 Å². The molecular formula is C25H30IN3O3. The number of carbonyl (C=O) groups excluding carboxylic acids is 2. The number of unbranched alkanes of at least 4 members (excludes halogenated alkanes) is 1. The molecule has 0 fully saturated rings. The number of nitrogens with zero attached hydrogens (tertiary/aromatic N) is 3. The van der Waals surface area contributed by atoms with E-state index >= 15 is 0 Å². The van der Waals surface area contributed by atoms with E-state index in [1.165, 1.54) is 10.4 Å².